The van der Waals surface area contributed by atoms with Gasteiger partial charge in [-0.25, -0.2) is 9.69 Å². The van der Waals surface area contributed by atoms with Gasteiger partial charge in [-0.15, -0.1) is 12.4 Å². The van der Waals surface area contributed by atoms with E-state index in [9.17, 15) is 9.59 Å². The molecule has 4 rings (SSSR count). The number of carbonyl (C=O) groups is 2. The predicted octanol–water partition coefficient (Wildman–Crippen LogP) is 4.79. The Kier molecular flexibility index (Phi) is 6.99. The van der Waals surface area contributed by atoms with Crippen LogP contribution in [0.5, 0.6) is 5.75 Å². The fourth-order valence-corrected chi connectivity index (χ4v) is 3.40. The standard InChI is InChI=1S/C24H20N2O3.ClH/c27-23-21(16-18-8-3-1-4-9-18)22(14-13-19-10-7-15-25-17-19)26(23)24(28)29-20-11-5-2-6-12-20;/h1-15,17,21-22H,16H2;1H. The zero-order valence-corrected chi connectivity index (χ0v) is 16.9. The lowest BCUT2D eigenvalue weighted by Crippen LogP contribution is -2.63. The fraction of sp³-hybridized carbons (Fsp3) is 0.125. The van der Waals surface area contributed by atoms with Crippen LogP contribution in [0.2, 0.25) is 0 Å². The first-order valence-electron chi connectivity index (χ1n) is 9.44. The van der Waals surface area contributed by atoms with Gasteiger partial charge in [-0.3, -0.25) is 9.78 Å². The molecule has 2 aromatic carbocycles. The predicted molar refractivity (Wildman–Crippen MR) is 117 cm³/mol. The number of pyridine rings is 1. The Bertz CT molecular complexity index is 1010. The molecule has 2 heterocycles. The third kappa shape index (κ3) is 4.75. The third-order valence-corrected chi connectivity index (χ3v) is 4.88. The highest BCUT2D eigenvalue weighted by atomic mass is 35.5. The van der Waals surface area contributed by atoms with Crippen LogP contribution in [0.25, 0.3) is 6.08 Å². The molecule has 0 radical (unpaired) electrons. The maximum atomic E-state index is 12.8. The number of halogens is 1. The summed E-state index contributed by atoms with van der Waals surface area (Å²) in [5, 5.41) is 0. The number of nitrogens with zero attached hydrogens (tertiary/aromatic N) is 2. The van der Waals surface area contributed by atoms with Crippen molar-refractivity contribution < 1.29 is 14.3 Å². The second kappa shape index (κ2) is 9.85. The number of benzene rings is 2. The van der Waals surface area contributed by atoms with Gasteiger partial charge in [0.1, 0.15) is 5.75 Å². The highest BCUT2D eigenvalue weighted by Gasteiger charge is 2.50. The zero-order chi connectivity index (χ0) is 20.1. The van der Waals surface area contributed by atoms with Crippen molar-refractivity contribution in [3.8, 4) is 5.75 Å². The molecule has 152 valence electrons. The summed E-state index contributed by atoms with van der Waals surface area (Å²) in [7, 11) is 0. The molecule has 3 aromatic rings. The van der Waals surface area contributed by atoms with E-state index in [2.05, 4.69) is 4.98 Å². The molecule has 30 heavy (non-hydrogen) atoms. The lowest BCUT2D eigenvalue weighted by Gasteiger charge is -2.43. The molecule has 1 aliphatic rings. The van der Waals surface area contributed by atoms with Crippen molar-refractivity contribution in [3.63, 3.8) is 0 Å². The van der Waals surface area contributed by atoms with Crippen molar-refractivity contribution in [3.05, 3.63) is 102 Å². The van der Waals surface area contributed by atoms with Crippen molar-refractivity contribution in [1.82, 2.24) is 9.88 Å². The van der Waals surface area contributed by atoms with Gasteiger partial charge in [0.2, 0.25) is 5.91 Å². The second-order valence-electron chi connectivity index (χ2n) is 6.82. The molecule has 2 amide bonds. The number of imide groups is 1. The van der Waals surface area contributed by atoms with E-state index in [1.54, 1.807) is 36.7 Å². The maximum Gasteiger partial charge on any atom is 0.422 e. The first-order valence-corrected chi connectivity index (χ1v) is 9.44. The van der Waals surface area contributed by atoms with Crippen molar-refractivity contribution in [2.75, 3.05) is 0 Å². The maximum absolute atomic E-state index is 12.8. The van der Waals surface area contributed by atoms with Gasteiger partial charge in [-0.1, -0.05) is 66.7 Å². The smallest absolute Gasteiger partial charge is 0.410 e. The van der Waals surface area contributed by atoms with Gasteiger partial charge in [-0.05, 0) is 35.7 Å². The molecular weight excluding hydrogens is 400 g/mol. The van der Waals surface area contributed by atoms with Gasteiger partial charge in [0.15, 0.2) is 0 Å². The van der Waals surface area contributed by atoms with Gasteiger partial charge in [0.05, 0.1) is 12.0 Å². The average Bonchev–Trinajstić information content (AvgIpc) is 2.76. The number of hydrogen-bond donors (Lipinski definition) is 0. The van der Waals surface area contributed by atoms with E-state index < -0.39 is 6.09 Å². The van der Waals surface area contributed by atoms with E-state index in [1.807, 2.05) is 60.7 Å². The Morgan fingerprint density at radius 3 is 2.37 bits per heavy atom. The minimum atomic E-state index is -0.661. The summed E-state index contributed by atoms with van der Waals surface area (Å²) in [5.74, 6) is -0.129. The number of amides is 2. The fourth-order valence-electron chi connectivity index (χ4n) is 3.40. The van der Waals surface area contributed by atoms with Crippen LogP contribution in [-0.2, 0) is 11.2 Å². The van der Waals surface area contributed by atoms with Crippen molar-refractivity contribution >= 4 is 30.5 Å². The van der Waals surface area contributed by atoms with E-state index in [1.165, 1.54) is 4.90 Å². The molecule has 0 aliphatic carbocycles. The van der Waals surface area contributed by atoms with Crippen LogP contribution in [0, 0.1) is 5.92 Å². The Balaban J connectivity index is 0.00000256. The second-order valence-corrected chi connectivity index (χ2v) is 6.82. The number of ether oxygens (including phenoxy) is 1. The van der Waals surface area contributed by atoms with Gasteiger partial charge in [0.25, 0.3) is 0 Å². The SMILES string of the molecule is Cl.O=C(Oc1ccccc1)N1C(=O)C(Cc2ccccc2)C1C=Cc1cccnc1. The van der Waals surface area contributed by atoms with E-state index in [0.29, 0.717) is 12.2 Å². The van der Waals surface area contributed by atoms with Gasteiger partial charge >= 0.3 is 6.09 Å². The highest BCUT2D eigenvalue weighted by molar-refractivity contribution is 6.01. The molecule has 5 nitrogen and oxygen atoms in total. The number of β-lactam (4-membered cyclic amide) rings is 1. The quantitative estimate of drug-likeness (QED) is 0.557. The van der Waals surface area contributed by atoms with E-state index >= 15 is 0 Å². The minimum Gasteiger partial charge on any atom is -0.410 e. The van der Waals surface area contributed by atoms with Crippen LogP contribution in [-0.4, -0.2) is 27.9 Å². The van der Waals surface area contributed by atoms with E-state index in [-0.39, 0.29) is 30.3 Å². The summed E-state index contributed by atoms with van der Waals surface area (Å²) in [6.45, 7) is 0. The Morgan fingerprint density at radius 1 is 1.00 bits per heavy atom. The number of hydrogen-bond acceptors (Lipinski definition) is 4. The molecule has 0 N–H and O–H groups in total. The monoisotopic (exact) mass is 420 g/mol. The molecule has 0 saturated carbocycles. The van der Waals surface area contributed by atoms with Crippen LogP contribution in [0.15, 0.2) is 91.3 Å². The first-order chi connectivity index (χ1) is 14.2. The van der Waals surface area contributed by atoms with Gasteiger partial charge in [-0.2, -0.15) is 0 Å². The summed E-state index contributed by atoms with van der Waals surface area (Å²) in [5.41, 5.74) is 1.96. The number of para-hydroxylation sites is 1. The molecule has 1 saturated heterocycles. The molecule has 1 fully saturated rings. The van der Waals surface area contributed by atoms with Crippen molar-refractivity contribution in [2.24, 2.45) is 5.92 Å². The molecule has 1 aliphatic heterocycles. The third-order valence-electron chi connectivity index (χ3n) is 4.88. The normalized spacial score (nSPS) is 17.9. The zero-order valence-electron chi connectivity index (χ0n) is 16.1. The number of rotatable bonds is 5. The van der Waals surface area contributed by atoms with Crippen LogP contribution in [0.4, 0.5) is 4.79 Å². The summed E-state index contributed by atoms with van der Waals surface area (Å²) >= 11 is 0. The molecule has 6 heteroatoms. The molecule has 1 aromatic heterocycles. The van der Waals surface area contributed by atoms with Crippen molar-refractivity contribution in [1.29, 1.82) is 0 Å². The van der Waals surface area contributed by atoms with Crippen molar-refractivity contribution in [2.45, 2.75) is 12.5 Å². The number of aromatic nitrogens is 1. The topological polar surface area (TPSA) is 59.5 Å². The molecule has 2 atom stereocenters. The minimum absolute atomic E-state index is 0. The number of likely N-dealkylation sites (tertiary alicyclic amines) is 1. The molecule has 2 unspecified atom stereocenters. The average molecular weight is 421 g/mol. The van der Waals surface area contributed by atoms with Gasteiger partial charge in [0, 0.05) is 12.4 Å². The summed E-state index contributed by atoms with van der Waals surface area (Å²) in [6.07, 6.45) is 7.09. The summed E-state index contributed by atoms with van der Waals surface area (Å²) < 4.78 is 5.39. The van der Waals surface area contributed by atoms with Gasteiger partial charge < -0.3 is 4.74 Å². The van der Waals surface area contributed by atoms with Crippen LogP contribution in [0.3, 0.4) is 0 Å². The van der Waals surface area contributed by atoms with Crippen LogP contribution < -0.4 is 4.74 Å². The summed E-state index contributed by atoms with van der Waals surface area (Å²) in [6, 6.07) is 21.9. The highest BCUT2D eigenvalue weighted by Crippen LogP contribution is 2.32. The molecule has 0 spiro atoms. The first kappa shape index (κ1) is 21.3. The number of carbonyl (C=O) groups excluding carboxylic acids is 2. The van der Waals surface area contributed by atoms with E-state index in [4.69, 9.17) is 4.74 Å². The Labute approximate surface area is 181 Å². The van der Waals surface area contributed by atoms with Crippen LogP contribution in [0.1, 0.15) is 11.1 Å². The lowest BCUT2D eigenvalue weighted by molar-refractivity contribution is -0.148. The van der Waals surface area contributed by atoms with Crippen LogP contribution >= 0.6 is 12.4 Å². The lowest BCUT2D eigenvalue weighted by atomic mass is 9.82. The molecular formula is C24H21ClN2O3. The summed E-state index contributed by atoms with van der Waals surface area (Å²) in [4.78, 5) is 30.7. The van der Waals surface area contributed by atoms with E-state index in [0.717, 1.165) is 11.1 Å². The Morgan fingerprint density at radius 2 is 1.70 bits per heavy atom. The molecule has 0 bridgehead atoms. The largest absolute Gasteiger partial charge is 0.422 e. The Hall–Kier alpha value is -3.44.